The number of aromatic amines is 1. The first-order valence-electron chi connectivity index (χ1n) is 6.99. The average molecular weight is 300 g/mol. The van der Waals surface area contributed by atoms with Crippen molar-refractivity contribution in [1.82, 2.24) is 19.5 Å². The number of nitrogens with one attached hydrogen (secondary N) is 1. The van der Waals surface area contributed by atoms with Gasteiger partial charge in [-0.05, 0) is 26.2 Å². The van der Waals surface area contributed by atoms with E-state index in [0.717, 1.165) is 18.7 Å². The SMILES string of the molecule is CCS(=O)(=O)N1C[C@H](OC)C[C@H]1c1nc(C2CC2)n[nH]1. The number of hydrogen-bond acceptors (Lipinski definition) is 5. The van der Waals surface area contributed by atoms with Gasteiger partial charge in [-0.2, -0.15) is 9.40 Å². The lowest BCUT2D eigenvalue weighted by Gasteiger charge is -2.21. The predicted molar refractivity (Wildman–Crippen MR) is 72.7 cm³/mol. The fraction of sp³-hybridized carbons (Fsp3) is 0.833. The van der Waals surface area contributed by atoms with Crippen LogP contribution in [0.15, 0.2) is 0 Å². The monoisotopic (exact) mass is 300 g/mol. The summed E-state index contributed by atoms with van der Waals surface area (Å²) < 4.78 is 31.2. The molecule has 1 aliphatic carbocycles. The molecule has 0 aromatic carbocycles. The molecule has 1 aromatic heterocycles. The highest BCUT2D eigenvalue weighted by molar-refractivity contribution is 7.89. The second-order valence-electron chi connectivity index (χ2n) is 5.43. The Morgan fingerprint density at radius 3 is 2.80 bits per heavy atom. The van der Waals surface area contributed by atoms with Crippen molar-refractivity contribution in [2.75, 3.05) is 19.4 Å². The summed E-state index contributed by atoms with van der Waals surface area (Å²) in [6.45, 7) is 2.04. The first-order chi connectivity index (χ1) is 9.55. The molecule has 7 nitrogen and oxygen atoms in total. The largest absolute Gasteiger partial charge is 0.380 e. The van der Waals surface area contributed by atoms with E-state index in [0.29, 0.717) is 24.7 Å². The van der Waals surface area contributed by atoms with Crippen LogP contribution < -0.4 is 0 Å². The maximum Gasteiger partial charge on any atom is 0.214 e. The van der Waals surface area contributed by atoms with E-state index in [2.05, 4.69) is 15.2 Å². The Hall–Kier alpha value is -0.990. The Balaban J connectivity index is 1.87. The van der Waals surface area contributed by atoms with Crippen LogP contribution in [0.3, 0.4) is 0 Å². The number of H-pyrrole nitrogens is 1. The minimum Gasteiger partial charge on any atom is -0.380 e. The van der Waals surface area contributed by atoms with E-state index in [1.807, 2.05) is 0 Å². The van der Waals surface area contributed by atoms with E-state index in [1.165, 1.54) is 4.31 Å². The number of methoxy groups -OCH3 is 1. The second kappa shape index (κ2) is 5.09. The van der Waals surface area contributed by atoms with Gasteiger partial charge in [-0.1, -0.05) is 0 Å². The summed E-state index contributed by atoms with van der Waals surface area (Å²) in [6.07, 6.45) is 2.78. The third kappa shape index (κ3) is 2.47. The molecular weight excluding hydrogens is 280 g/mol. The normalized spacial score (nSPS) is 28.1. The van der Waals surface area contributed by atoms with Crippen LogP contribution >= 0.6 is 0 Å². The van der Waals surface area contributed by atoms with Gasteiger partial charge in [0.2, 0.25) is 10.0 Å². The van der Waals surface area contributed by atoms with Gasteiger partial charge in [0, 0.05) is 19.6 Å². The van der Waals surface area contributed by atoms with Crippen LogP contribution in [0.4, 0.5) is 0 Å². The summed E-state index contributed by atoms with van der Waals surface area (Å²) in [5, 5.41) is 7.13. The van der Waals surface area contributed by atoms with E-state index in [1.54, 1.807) is 14.0 Å². The predicted octanol–water partition coefficient (Wildman–Crippen LogP) is 0.794. The van der Waals surface area contributed by atoms with Gasteiger partial charge < -0.3 is 4.74 Å². The fourth-order valence-corrected chi connectivity index (χ4v) is 3.92. The number of rotatable bonds is 5. The van der Waals surface area contributed by atoms with Crippen molar-refractivity contribution >= 4 is 10.0 Å². The van der Waals surface area contributed by atoms with Crippen molar-refractivity contribution in [2.24, 2.45) is 0 Å². The third-order valence-corrected chi connectivity index (χ3v) is 5.90. The molecule has 112 valence electrons. The van der Waals surface area contributed by atoms with Gasteiger partial charge in [-0.25, -0.2) is 13.4 Å². The molecule has 1 aliphatic heterocycles. The maximum atomic E-state index is 12.2. The first kappa shape index (κ1) is 14.0. The zero-order chi connectivity index (χ0) is 14.3. The van der Waals surface area contributed by atoms with Gasteiger partial charge in [0.15, 0.2) is 5.82 Å². The fourth-order valence-electron chi connectivity index (χ4n) is 2.62. The van der Waals surface area contributed by atoms with Crippen LogP contribution in [-0.4, -0.2) is 53.4 Å². The third-order valence-electron chi connectivity index (χ3n) is 4.05. The maximum absolute atomic E-state index is 12.2. The molecule has 0 spiro atoms. The van der Waals surface area contributed by atoms with Crippen molar-refractivity contribution < 1.29 is 13.2 Å². The molecule has 20 heavy (non-hydrogen) atoms. The Morgan fingerprint density at radius 2 is 2.20 bits per heavy atom. The van der Waals surface area contributed by atoms with Crippen LogP contribution in [0.5, 0.6) is 0 Å². The molecule has 2 fully saturated rings. The van der Waals surface area contributed by atoms with E-state index >= 15 is 0 Å². The smallest absolute Gasteiger partial charge is 0.214 e. The highest BCUT2D eigenvalue weighted by atomic mass is 32.2. The summed E-state index contributed by atoms with van der Waals surface area (Å²) in [5.74, 6) is 2.00. The van der Waals surface area contributed by atoms with Crippen molar-refractivity contribution in [3.05, 3.63) is 11.6 Å². The Kier molecular flexibility index (Phi) is 3.55. The highest BCUT2D eigenvalue weighted by Crippen LogP contribution is 2.39. The van der Waals surface area contributed by atoms with E-state index in [4.69, 9.17) is 4.74 Å². The molecule has 2 aliphatic rings. The lowest BCUT2D eigenvalue weighted by Crippen LogP contribution is -2.33. The van der Waals surface area contributed by atoms with Crippen LogP contribution in [0, 0.1) is 0 Å². The lowest BCUT2D eigenvalue weighted by molar-refractivity contribution is 0.114. The molecular formula is C12H20N4O3S. The Morgan fingerprint density at radius 1 is 1.45 bits per heavy atom. The van der Waals surface area contributed by atoms with Gasteiger partial charge in [0.1, 0.15) is 5.82 Å². The zero-order valence-electron chi connectivity index (χ0n) is 11.7. The van der Waals surface area contributed by atoms with Gasteiger partial charge in [0.25, 0.3) is 0 Å². The molecule has 1 saturated heterocycles. The van der Waals surface area contributed by atoms with Crippen molar-refractivity contribution in [1.29, 1.82) is 0 Å². The van der Waals surface area contributed by atoms with Gasteiger partial charge in [0.05, 0.1) is 17.9 Å². The minimum absolute atomic E-state index is 0.0869. The summed E-state index contributed by atoms with van der Waals surface area (Å²) in [4.78, 5) is 4.49. The molecule has 0 amide bonds. The molecule has 1 saturated carbocycles. The summed E-state index contributed by atoms with van der Waals surface area (Å²) in [7, 11) is -1.66. The molecule has 1 N–H and O–H groups in total. The van der Waals surface area contributed by atoms with Gasteiger partial charge in [-0.15, -0.1) is 0 Å². The number of aromatic nitrogens is 3. The van der Waals surface area contributed by atoms with E-state index in [-0.39, 0.29) is 17.9 Å². The zero-order valence-corrected chi connectivity index (χ0v) is 12.6. The molecule has 0 radical (unpaired) electrons. The summed E-state index contributed by atoms with van der Waals surface area (Å²) in [6, 6.07) is -0.287. The standard InChI is InChI=1S/C12H20N4O3S/c1-3-20(17,18)16-7-9(19-2)6-10(16)12-13-11(14-15-12)8-4-5-8/h8-10H,3-7H2,1-2H3,(H,13,14,15)/t9-,10+/m1/s1. The minimum atomic E-state index is -3.27. The van der Waals surface area contributed by atoms with Crippen molar-refractivity contribution in [3.63, 3.8) is 0 Å². The molecule has 1 aromatic rings. The van der Waals surface area contributed by atoms with Crippen LogP contribution in [-0.2, 0) is 14.8 Å². The number of nitrogens with zero attached hydrogens (tertiary/aromatic N) is 3. The van der Waals surface area contributed by atoms with E-state index in [9.17, 15) is 8.42 Å². The highest BCUT2D eigenvalue weighted by Gasteiger charge is 2.42. The molecule has 3 rings (SSSR count). The van der Waals surface area contributed by atoms with Crippen LogP contribution in [0.25, 0.3) is 0 Å². The van der Waals surface area contributed by atoms with E-state index < -0.39 is 10.0 Å². The topological polar surface area (TPSA) is 88.2 Å². The average Bonchev–Trinajstić information content (AvgIpc) is 3.02. The lowest BCUT2D eigenvalue weighted by atomic mass is 10.2. The molecule has 2 heterocycles. The number of ether oxygens (including phenoxy) is 1. The molecule has 2 atom stereocenters. The number of hydrogen-bond donors (Lipinski definition) is 1. The van der Waals surface area contributed by atoms with Crippen LogP contribution in [0.1, 0.15) is 49.8 Å². The number of sulfonamides is 1. The van der Waals surface area contributed by atoms with Crippen LogP contribution in [0.2, 0.25) is 0 Å². The summed E-state index contributed by atoms with van der Waals surface area (Å²) in [5.41, 5.74) is 0. The molecule has 0 unspecified atom stereocenters. The van der Waals surface area contributed by atoms with Gasteiger partial charge >= 0.3 is 0 Å². The molecule has 0 bridgehead atoms. The Labute approximate surface area is 118 Å². The molecule has 8 heteroatoms. The summed E-state index contributed by atoms with van der Waals surface area (Å²) >= 11 is 0. The van der Waals surface area contributed by atoms with Crippen molar-refractivity contribution in [3.8, 4) is 0 Å². The second-order valence-corrected chi connectivity index (χ2v) is 7.64. The quantitative estimate of drug-likeness (QED) is 0.868. The van der Waals surface area contributed by atoms with Gasteiger partial charge in [-0.3, -0.25) is 5.10 Å². The van der Waals surface area contributed by atoms with Crippen molar-refractivity contribution in [2.45, 2.75) is 44.2 Å². The first-order valence-corrected chi connectivity index (χ1v) is 8.60. The Bertz CT molecular complexity index is 581.